The SMILES string of the molecule is CC(C)[C@H](NC(=O)OC(C)(C)C)C(=O)Nc1cc([N+](=O)[O-])ccc1N. The molecule has 0 bridgehead atoms. The van der Waals surface area contributed by atoms with E-state index in [0.29, 0.717) is 0 Å². The van der Waals surface area contributed by atoms with Gasteiger partial charge in [-0.2, -0.15) is 0 Å². The summed E-state index contributed by atoms with van der Waals surface area (Å²) in [4.78, 5) is 34.7. The van der Waals surface area contributed by atoms with Gasteiger partial charge in [0.2, 0.25) is 5.91 Å². The largest absolute Gasteiger partial charge is 0.444 e. The number of nitro groups is 1. The van der Waals surface area contributed by atoms with E-state index >= 15 is 0 Å². The van der Waals surface area contributed by atoms with Gasteiger partial charge in [-0.15, -0.1) is 0 Å². The number of carbonyl (C=O) groups is 2. The molecule has 1 aromatic rings. The number of amides is 2. The van der Waals surface area contributed by atoms with Gasteiger partial charge in [0.1, 0.15) is 11.6 Å². The molecule has 0 aliphatic carbocycles. The predicted molar refractivity (Wildman–Crippen MR) is 94.1 cm³/mol. The summed E-state index contributed by atoms with van der Waals surface area (Å²) in [6.07, 6.45) is -0.728. The number of ether oxygens (including phenoxy) is 1. The van der Waals surface area contributed by atoms with Crippen LogP contribution in [0.5, 0.6) is 0 Å². The maximum atomic E-state index is 12.5. The normalized spacial score (nSPS) is 12.4. The summed E-state index contributed by atoms with van der Waals surface area (Å²) >= 11 is 0. The minimum atomic E-state index is -0.895. The Morgan fingerprint density at radius 3 is 2.36 bits per heavy atom. The highest BCUT2D eigenvalue weighted by Crippen LogP contribution is 2.25. The van der Waals surface area contributed by atoms with Crippen molar-refractivity contribution in [3.05, 3.63) is 28.3 Å². The van der Waals surface area contributed by atoms with Crippen LogP contribution in [0.1, 0.15) is 34.6 Å². The number of alkyl carbamates (subject to hydrolysis) is 1. The van der Waals surface area contributed by atoms with Gasteiger partial charge >= 0.3 is 6.09 Å². The van der Waals surface area contributed by atoms with Gasteiger partial charge in [0.15, 0.2) is 0 Å². The Kier molecular flexibility index (Phi) is 6.32. The molecule has 0 radical (unpaired) electrons. The predicted octanol–water partition coefficient (Wildman–Crippen LogP) is 2.66. The second-order valence-electron chi connectivity index (χ2n) is 6.89. The van der Waals surface area contributed by atoms with Crippen molar-refractivity contribution >= 4 is 29.1 Å². The van der Waals surface area contributed by atoms with Gasteiger partial charge in [0, 0.05) is 12.1 Å². The summed E-state index contributed by atoms with van der Waals surface area (Å²) in [5.41, 5.74) is 5.13. The lowest BCUT2D eigenvalue weighted by Crippen LogP contribution is -2.48. The van der Waals surface area contributed by atoms with Crippen LogP contribution in [-0.4, -0.2) is 28.6 Å². The molecule has 25 heavy (non-hydrogen) atoms. The molecule has 1 atom stereocenters. The second-order valence-corrected chi connectivity index (χ2v) is 6.89. The highest BCUT2D eigenvalue weighted by molar-refractivity contribution is 5.99. The fourth-order valence-electron chi connectivity index (χ4n) is 1.95. The van der Waals surface area contributed by atoms with Crippen LogP contribution in [0.25, 0.3) is 0 Å². The second kappa shape index (κ2) is 7.82. The molecule has 9 nitrogen and oxygen atoms in total. The van der Waals surface area contributed by atoms with E-state index < -0.39 is 28.6 Å². The van der Waals surface area contributed by atoms with E-state index in [4.69, 9.17) is 10.5 Å². The number of non-ortho nitro benzene ring substituents is 1. The lowest BCUT2D eigenvalue weighted by Gasteiger charge is -2.25. The molecule has 2 amide bonds. The number of nitrogens with two attached hydrogens (primary N) is 1. The molecule has 0 spiro atoms. The molecule has 1 aromatic carbocycles. The summed E-state index contributed by atoms with van der Waals surface area (Å²) in [5, 5.41) is 15.9. The van der Waals surface area contributed by atoms with Crippen molar-refractivity contribution in [1.29, 1.82) is 0 Å². The third kappa shape index (κ3) is 6.28. The highest BCUT2D eigenvalue weighted by Gasteiger charge is 2.27. The number of nitrogens with one attached hydrogen (secondary N) is 2. The van der Waals surface area contributed by atoms with Crippen molar-refractivity contribution in [3.8, 4) is 0 Å². The van der Waals surface area contributed by atoms with Crippen molar-refractivity contribution in [1.82, 2.24) is 5.32 Å². The smallest absolute Gasteiger partial charge is 0.408 e. The lowest BCUT2D eigenvalue weighted by atomic mass is 10.0. The molecule has 0 unspecified atom stereocenters. The maximum absolute atomic E-state index is 12.5. The highest BCUT2D eigenvalue weighted by atomic mass is 16.6. The Balaban J connectivity index is 2.92. The molecule has 0 aliphatic rings. The average Bonchev–Trinajstić information content (AvgIpc) is 2.44. The number of nitrogens with zero attached hydrogens (tertiary/aromatic N) is 1. The molecule has 1 rings (SSSR count). The van der Waals surface area contributed by atoms with Crippen LogP contribution in [0.15, 0.2) is 18.2 Å². The van der Waals surface area contributed by atoms with Gasteiger partial charge in [-0.1, -0.05) is 13.8 Å². The molecule has 0 saturated heterocycles. The van der Waals surface area contributed by atoms with Crippen LogP contribution < -0.4 is 16.4 Å². The van der Waals surface area contributed by atoms with Gasteiger partial charge in [0.05, 0.1) is 16.3 Å². The van der Waals surface area contributed by atoms with Crippen molar-refractivity contribution in [3.63, 3.8) is 0 Å². The number of carbonyl (C=O) groups excluding carboxylic acids is 2. The molecule has 0 aromatic heterocycles. The van der Waals surface area contributed by atoms with Gasteiger partial charge < -0.3 is 21.1 Å². The van der Waals surface area contributed by atoms with E-state index in [2.05, 4.69) is 10.6 Å². The first kappa shape index (κ1) is 20.2. The van der Waals surface area contributed by atoms with E-state index in [-0.39, 0.29) is 23.0 Å². The molecule has 0 aliphatic heterocycles. The Morgan fingerprint density at radius 1 is 1.28 bits per heavy atom. The fourth-order valence-corrected chi connectivity index (χ4v) is 1.95. The monoisotopic (exact) mass is 352 g/mol. The first-order valence-electron chi connectivity index (χ1n) is 7.75. The first-order valence-corrected chi connectivity index (χ1v) is 7.75. The van der Waals surface area contributed by atoms with Crippen molar-refractivity contribution in [2.75, 3.05) is 11.1 Å². The van der Waals surface area contributed by atoms with Crippen LogP contribution in [0.2, 0.25) is 0 Å². The van der Waals surface area contributed by atoms with E-state index in [9.17, 15) is 19.7 Å². The average molecular weight is 352 g/mol. The fraction of sp³-hybridized carbons (Fsp3) is 0.500. The van der Waals surface area contributed by atoms with Crippen molar-refractivity contribution in [2.45, 2.75) is 46.3 Å². The van der Waals surface area contributed by atoms with Gasteiger partial charge in [-0.25, -0.2) is 4.79 Å². The number of nitrogen functional groups attached to an aromatic ring is 1. The number of anilines is 2. The molecule has 4 N–H and O–H groups in total. The van der Waals surface area contributed by atoms with Crippen LogP contribution in [0, 0.1) is 16.0 Å². The van der Waals surface area contributed by atoms with Crippen molar-refractivity contribution in [2.24, 2.45) is 5.92 Å². The topological polar surface area (TPSA) is 137 Å². The van der Waals surface area contributed by atoms with Crippen LogP contribution in [-0.2, 0) is 9.53 Å². The van der Waals surface area contributed by atoms with Crippen molar-refractivity contribution < 1.29 is 19.2 Å². The summed E-state index contributed by atoms with van der Waals surface area (Å²) in [6.45, 7) is 8.62. The molecular formula is C16H24N4O5. The van der Waals surface area contributed by atoms with Crippen LogP contribution in [0.4, 0.5) is 21.9 Å². The quantitative estimate of drug-likeness (QED) is 0.423. The Bertz CT molecular complexity index is 667. The van der Waals surface area contributed by atoms with Gasteiger partial charge in [0.25, 0.3) is 5.69 Å². The van der Waals surface area contributed by atoms with Gasteiger partial charge in [-0.05, 0) is 32.8 Å². The standard InChI is InChI=1S/C16H24N4O5/c1-9(2)13(19-15(22)25-16(3,4)5)14(21)18-12-8-10(20(23)24)6-7-11(12)17/h6-9,13H,17H2,1-5H3,(H,18,21)(H,19,22)/t13-/m0/s1. The molecular weight excluding hydrogens is 328 g/mol. The molecule has 0 fully saturated rings. The van der Waals surface area contributed by atoms with E-state index in [1.807, 2.05) is 0 Å². The Labute approximate surface area is 146 Å². The Hall–Kier alpha value is -2.84. The van der Waals surface area contributed by atoms with Gasteiger partial charge in [-0.3, -0.25) is 14.9 Å². The number of rotatable bonds is 5. The summed E-state index contributed by atoms with van der Waals surface area (Å²) < 4.78 is 5.15. The molecule has 0 saturated carbocycles. The Morgan fingerprint density at radius 2 is 1.88 bits per heavy atom. The molecule has 138 valence electrons. The van der Waals surface area contributed by atoms with Crippen LogP contribution in [0.3, 0.4) is 0 Å². The number of hydrogen-bond donors (Lipinski definition) is 3. The van der Waals surface area contributed by atoms with E-state index in [1.165, 1.54) is 12.1 Å². The zero-order valence-electron chi connectivity index (χ0n) is 15.0. The third-order valence-electron chi connectivity index (χ3n) is 3.13. The zero-order chi connectivity index (χ0) is 19.4. The number of hydrogen-bond acceptors (Lipinski definition) is 6. The zero-order valence-corrected chi connectivity index (χ0v) is 15.0. The van der Waals surface area contributed by atoms with E-state index in [0.717, 1.165) is 6.07 Å². The lowest BCUT2D eigenvalue weighted by molar-refractivity contribution is -0.384. The first-order chi connectivity index (χ1) is 11.4. The molecule has 9 heteroatoms. The summed E-state index contributed by atoms with van der Waals surface area (Å²) in [6, 6.07) is 2.84. The minimum Gasteiger partial charge on any atom is -0.444 e. The molecule has 0 heterocycles. The summed E-state index contributed by atoms with van der Waals surface area (Å²) in [7, 11) is 0. The number of benzene rings is 1. The summed E-state index contributed by atoms with van der Waals surface area (Å²) in [5.74, 6) is -0.791. The number of nitro benzene ring substituents is 1. The maximum Gasteiger partial charge on any atom is 0.408 e. The van der Waals surface area contributed by atoms with E-state index in [1.54, 1.807) is 34.6 Å². The van der Waals surface area contributed by atoms with Crippen LogP contribution >= 0.6 is 0 Å². The minimum absolute atomic E-state index is 0.107. The third-order valence-corrected chi connectivity index (χ3v) is 3.13.